The molecule has 0 unspecified atom stereocenters. The predicted molar refractivity (Wildman–Crippen MR) is 82.4 cm³/mol. The minimum absolute atomic E-state index is 0.223. The molecule has 0 saturated heterocycles. The molecular formula is C16H17N3O3. The number of nitrogens with two attached hydrogens (primary N) is 1. The summed E-state index contributed by atoms with van der Waals surface area (Å²) in [6.45, 7) is 0.0776. The molecule has 0 aliphatic carbocycles. The van der Waals surface area contributed by atoms with Crippen LogP contribution in [0.5, 0.6) is 11.5 Å². The molecule has 22 heavy (non-hydrogen) atoms. The highest BCUT2D eigenvalue weighted by Gasteiger charge is 2.05. The average molecular weight is 299 g/mol. The number of carbonyl (C=O) groups is 2. The third kappa shape index (κ3) is 4.92. The van der Waals surface area contributed by atoms with Gasteiger partial charge in [-0.15, -0.1) is 0 Å². The molecule has 4 N–H and O–H groups in total. The number of hydrogen-bond acceptors (Lipinski definition) is 4. The van der Waals surface area contributed by atoms with E-state index >= 15 is 0 Å². The van der Waals surface area contributed by atoms with Gasteiger partial charge < -0.3 is 15.8 Å². The molecule has 2 aromatic rings. The van der Waals surface area contributed by atoms with Crippen LogP contribution >= 0.6 is 0 Å². The molecule has 0 atom stereocenters. The largest absolute Gasteiger partial charge is 0.457 e. The third-order valence-electron chi connectivity index (χ3n) is 2.79. The van der Waals surface area contributed by atoms with E-state index in [1.807, 2.05) is 54.6 Å². The Kier molecular flexibility index (Phi) is 5.50. The molecule has 0 saturated carbocycles. The van der Waals surface area contributed by atoms with Crippen molar-refractivity contribution in [1.29, 1.82) is 0 Å². The zero-order valence-corrected chi connectivity index (χ0v) is 11.9. The molecule has 6 nitrogen and oxygen atoms in total. The quantitative estimate of drug-likeness (QED) is 0.784. The van der Waals surface area contributed by atoms with E-state index in [0.717, 1.165) is 11.3 Å². The highest BCUT2D eigenvalue weighted by molar-refractivity contribution is 5.95. The molecule has 114 valence electrons. The van der Waals surface area contributed by atoms with Crippen LogP contribution in [0.15, 0.2) is 54.6 Å². The van der Waals surface area contributed by atoms with Gasteiger partial charge in [0, 0.05) is 6.54 Å². The number of benzene rings is 2. The number of para-hydroxylation sites is 1. The predicted octanol–water partition coefficient (Wildman–Crippen LogP) is 1.76. The summed E-state index contributed by atoms with van der Waals surface area (Å²) >= 11 is 0. The molecule has 2 rings (SSSR count). The van der Waals surface area contributed by atoms with Crippen LogP contribution < -0.4 is 21.1 Å². The molecule has 0 radical (unpaired) electrons. The maximum absolute atomic E-state index is 11.4. The second-order valence-corrected chi connectivity index (χ2v) is 4.49. The van der Waals surface area contributed by atoms with E-state index in [-0.39, 0.29) is 6.54 Å². The van der Waals surface area contributed by atoms with Gasteiger partial charge in [-0.3, -0.25) is 10.1 Å². The van der Waals surface area contributed by atoms with E-state index in [9.17, 15) is 9.59 Å². The summed E-state index contributed by atoms with van der Waals surface area (Å²) in [5.41, 5.74) is 5.99. The van der Waals surface area contributed by atoms with Gasteiger partial charge in [-0.2, -0.15) is 0 Å². The highest BCUT2D eigenvalue weighted by atomic mass is 16.5. The van der Waals surface area contributed by atoms with E-state index in [4.69, 9.17) is 10.5 Å². The first-order valence-electron chi connectivity index (χ1n) is 6.77. The van der Waals surface area contributed by atoms with Gasteiger partial charge in [0.25, 0.3) is 0 Å². The first-order valence-corrected chi connectivity index (χ1v) is 6.77. The second-order valence-electron chi connectivity index (χ2n) is 4.49. The van der Waals surface area contributed by atoms with Crippen LogP contribution in [0.2, 0.25) is 0 Å². The number of ether oxygens (including phenoxy) is 1. The Balaban J connectivity index is 1.84. The van der Waals surface area contributed by atoms with E-state index < -0.39 is 11.9 Å². The molecule has 6 heteroatoms. The fraction of sp³-hybridized carbons (Fsp3) is 0.125. The molecule has 0 spiro atoms. The lowest BCUT2D eigenvalue weighted by molar-refractivity contribution is -0.118. The lowest BCUT2D eigenvalue weighted by atomic mass is 10.2. The van der Waals surface area contributed by atoms with Crippen molar-refractivity contribution in [3.05, 3.63) is 60.2 Å². The van der Waals surface area contributed by atoms with Gasteiger partial charge in [-0.05, 0) is 29.8 Å². The van der Waals surface area contributed by atoms with Crippen LogP contribution in [-0.2, 0) is 11.3 Å². The summed E-state index contributed by atoms with van der Waals surface area (Å²) in [4.78, 5) is 22.3. The SMILES string of the molecule is NCC(=O)NC(=O)NCc1ccc(Oc2ccccc2)cc1. The van der Waals surface area contributed by atoms with Crippen molar-refractivity contribution >= 4 is 11.9 Å². The number of amides is 3. The van der Waals surface area contributed by atoms with Crippen LogP contribution in [-0.4, -0.2) is 18.5 Å². The topological polar surface area (TPSA) is 93.5 Å². The Hall–Kier alpha value is -2.86. The number of nitrogens with one attached hydrogen (secondary N) is 2. The summed E-state index contributed by atoms with van der Waals surface area (Å²) in [7, 11) is 0. The fourth-order valence-electron chi connectivity index (χ4n) is 1.70. The fourth-order valence-corrected chi connectivity index (χ4v) is 1.70. The second kappa shape index (κ2) is 7.80. The summed E-state index contributed by atoms with van der Waals surface area (Å²) < 4.78 is 5.67. The molecule has 2 aromatic carbocycles. The number of carbonyl (C=O) groups excluding carboxylic acids is 2. The molecule has 0 fully saturated rings. The average Bonchev–Trinajstić information content (AvgIpc) is 2.55. The number of imide groups is 1. The first-order chi connectivity index (χ1) is 10.7. The smallest absolute Gasteiger partial charge is 0.321 e. The van der Waals surface area contributed by atoms with Gasteiger partial charge in [-0.1, -0.05) is 30.3 Å². The molecule has 3 amide bonds. The lowest BCUT2D eigenvalue weighted by Crippen LogP contribution is -2.41. The van der Waals surface area contributed by atoms with Gasteiger partial charge in [0.15, 0.2) is 0 Å². The molecule has 0 aliphatic rings. The molecule has 0 aromatic heterocycles. The van der Waals surface area contributed by atoms with Gasteiger partial charge in [0.2, 0.25) is 5.91 Å². The summed E-state index contributed by atoms with van der Waals surface area (Å²) in [5, 5.41) is 4.67. The van der Waals surface area contributed by atoms with Crippen molar-refractivity contribution in [2.45, 2.75) is 6.54 Å². The van der Waals surface area contributed by atoms with Crippen LogP contribution in [0.4, 0.5) is 4.79 Å². The van der Waals surface area contributed by atoms with Crippen LogP contribution in [0, 0.1) is 0 Å². The zero-order chi connectivity index (χ0) is 15.8. The molecular weight excluding hydrogens is 282 g/mol. The van der Waals surface area contributed by atoms with Crippen molar-refractivity contribution in [2.24, 2.45) is 5.73 Å². The van der Waals surface area contributed by atoms with Crippen LogP contribution in [0.3, 0.4) is 0 Å². The van der Waals surface area contributed by atoms with Crippen molar-refractivity contribution < 1.29 is 14.3 Å². The third-order valence-corrected chi connectivity index (χ3v) is 2.79. The minimum Gasteiger partial charge on any atom is -0.457 e. The Morgan fingerprint density at radius 3 is 2.23 bits per heavy atom. The maximum atomic E-state index is 11.4. The normalized spacial score (nSPS) is 9.86. The van der Waals surface area contributed by atoms with Crippen molar-refractivity contribution in [1.82, 2.24) is 10.6 Å². The van der Waals surface area contributed by atoms with Crippen molar-refractivity contribution in [3.63, 3.8) is 0 Å². The number of rotatable bonds is 5. The lowest BCUT2D eigenvalue weighted by Gasteiger charge is -2.08. The summed E-state index contributed by atoms with van der Waals surface area (Å²) in [6, 6.07) is 16.2. The van der Waals surface area contributed by atoms with E-state index in [2.05, 4.69) is 10.6 Å². The standard InChI is InChI=1S/C16H17N3O3/c17-10-15(20)19-16(21)18-11-12-6-8-14(9-7-12)22-13-4-2-1-3-5-13/h1-9H,10-11,17H2,(H2,18,19,20,21). The van der Waals surface area contributed by atoms with Crippen molar-refractivity contribution in [2.75, 3.05) is 6.54 Å². The summed E-state index contributed by atoms with van der Waals surface area (Å²) in [5.74, 6) is 0.940. The van der Waals surface area contributed by atoms with E-state index in [0.29, 0.717) is 12.3 Å². The van der Waals surface area contributed by atoms with Crippen molar-refractivity contribution in [3.8, 4) is 11.5 Å². The Morgan fingerprint density at radius 2 is 1.59 bits per heavy atom. The van der Waals surface area contributed by atoms with Gasteiger partial charge >= 0.3 is 6.03 Å². The van der Waals surface area contributed by atoms with Gasteiger partial charge in [-0.25, -0.2) is 4.79 Å². The van der Waals surface area contributed by atoms with Gasteiger partial charge in [0.05, 0.1) is 6.54 Å². The Bertz CT molecular complexity index is 627. The van der Waals surface area contributed by atoms with E-state index in [1.54, 1.807) is 0 Å². The molecule has 0 heterocycles. The Labute approximate surface area is 128 Å². The molecule has 0 bridgehead atoms. The highest BCUT2D eigenvalue weighted by Crippen LogP contribution is 2.20. The monoisotopic (exact) mass is 299 g/mol. The maximum Gasteiger partial charge on any atom is 0.321 e. The van der Waals surface area contributed by atoms with Crippen LogP contribution in [0.25, 0.3) is 0 Å². The van der Waals surface area contributed by atoms with E-state index in [1.165, 1.54) is 0 Å². The zero-order valence-electron chi connectivity index (χ0n) is 11.9. The number of urea groups is 1. The van der Waals surface area contributed by atoms with Crippen LogP contribution in [0.1, 0.15) is 5.56 Å². The number of hydrogen-bond donors (Lipinski definition) is 3. The van der Waals surface area contributed by atoms with Gasteiger partial charge in [0.1, 0.15) is 11.5 Å². The minimum atomic E-state index is -0.569. The Morgan fingerprint density at radius 1 is 0.955 bits per heavy atom. The first kappa shape index (κ1) is 15.5. The summed E-state index contributed by atoms with van der Waals surface area (Å²) in [6.07, 6.45) is 0. The molecule has 0 aliphatic heterocycles.